The second-order valence-corrected chi connectivity index (χ2v) is 7.36. The van der Waals surface area contributed by atoms with Crippen molar-refractivity contribution in [2.24, 2.45) is 0 Å². The van der Waals surface area contributed by atoms with E-state index in [0.717, 1.165) is 32.6 Å². The summed E-state index contributed by atoms with van der Waals surface area (Å²) in [4.78, 5) is 9.38. The van der Waals surface area contributed by atoms with Crippen LogP contribution >= 0.6 is 0 Å². The number of aromatic nitrogens is 2. The van der Waals surface area contributed by atoms with Gasteiger partial charge in [-0.05, 0) is 37.4 Å². The maximum absolute atomic E-state index is 4.69. The third-order valence-corrected chi connectivity index (χ3v) is 4.95. The number of rotatable bonds is 5. The van der Waals surface area contributed by atoms with Gasteiger partial charge in [0.15, 0.2) is 0 Å². The zero-order valence-electron chi connectivity index (χ0n) is 15.6. The van der Waals surface area contributed by atoms with E-state index in [-0.39, 0.29) is 0 Å². The Kier molecular flexibility index (Phi) is 4.87. The quantitative estimate of drug-likeness (QED) is 0.707. The van der Waals surface area contributed by atoms with E-state index in [9.17, 15) is 0 Å². The number of fused-ring (bicyclic) bond motifs is 1. The van der Waals surface area contributed by atoms with Crippen molar-refractivity contribution in [1.82, 2.24) is 19.4 Å². The van der Waals surface area contributed by atoms with Crippen molar-refractivity contribution < 1.29 is 0 Å². The summed E-state index contributed by atoms with van der Waals surface area (Å²) in [5.41, 5.74) is 6.50. The second-order valence-electron chi connectivity index (χ2n) is 7.36. The van der Waals surface area contributed by atoms with Crippen molar-refractivity contribution in [3.63, 3.8) is 0 Å². The Morgan fingerprint density at radius 3 is 2.42 bits per heavy atom. The molecule has 4 rings (SSSR count). The predicted molar refractivity (Wildman–Crippen MR) is 105 cm³/mol. The Morgan fingerprint density at radius 1 is 0.962 bits per heavy atom. The summed E-state index contributed by atoms with van der Waals surface area (Å²) < 4.78 is 2.24. The molecule has 3 aromatic rings. The van der Waals surface area contributed by atoms with E-state index < -0.39 is 0 Å². The Balaban J connectivity index is 1.44. The van der Waals surface area contributed by atoms with E-state index >= 15 is 0 Å². The van der Waals surface area contributed by atoms with E-state index in [1.54, 1.807) is 0 Å². The van der Waals surface area contributed by atoms with Gasteiger partial charge >= 0.3 is 0 Å². The molecule has 1 aliphatic rings. The van der Waals surface area contributed by atoms with Gasteiger partial charge in [-0.3, -0.25) is 4.90 Å². The van der Waals surface area contributed by atoms with Gasteiger partial charge in [0, 0.05) is 44.0 Å². The molecule has 4 heteroatoms. The average molecular weight is 346 g/mol. The summed E-state index contributed by atoms with van der Waals surface area (Å²) in [6, 6.07) is 19.5. The first-order valence-corrected chi connectivity index (χ1v) is 9.24. The Morgan fingerprint density at radius 2 is 1.69 bits per heavy atom. The summed E-state index contributed by atoms with van der Waals surface area (Å²) in [5.74, 6) is 0. The monoisotopic (exact) mass is 346 g/mol. The van der Waals surface area contributed by atoms with Gasteiger partial charge < -0.3 is 9.47 Å². The molecule has 26 heavy (non-hydrogen) atoms. The van der Waals surface area contributed by atoms with Crippen LogP contribution in [-0.2, 0) is 26.1 Å². The number of nitrogens with zero attached hydrogens (tertiary/aromatic N) is 4. The highest BCUT2D eigenvalue weighted by Crippen LogP contribution is 2.22. The van der Waals surface area contributed by atoms with Crippen molar-refractivity contribution in [3.8, 4) is 5.69 Å². The van der Waals surface area contributed by atoms with Crippen molar-refractivity contribution in [3.05, 3.63) is 83.4 Å². The fraction of sp³-hybridized carbons (Fsp3) is 0.318. The van der Waals surface area contributed by atoms with Gasteiger partial charge in [-0.15, -0.1) is 0 Å². The van der Waals surface area contributed by atoms with E-state index in [0.29, 0.717) is 0 Å². The molecule has 0 bridgehead atoms. The Hall–Kier alpha value is -2.43. The zero-order chi connectivity index (χ0) is 17.9. The number of benzene rings is 2. The van der Waals surface area contributed by atoms with Gasteiger partial charge in [-0.1, -0.05) is 42.5 Å². The van der Waals surface area contributed by atoms with Crippen molar-refractivity contribution >= 4 is 0 Å². The van der Waals surface area contributed by atoms with Crippen LogP contribution in [0.4, 0.5) is 0 Å². The number of hydrogen-bond donors (Lipinski definition) is 0. The lowest BCUT2D eigenvalue weighted by atomic mass is 10.1. The number of hydrogen-bond acceptors (Lipinski definition) is 3. The highest BCUT2D eigenvalue weighted by atomic mass is 15.2. The van der Waals surface area contributed by atoms with Crippen LogP contribution in [0.25, 0.3) is 5.69 Å². The summed E-state index contributed by atoms with van der Waals surface area (Å²) in [7, 11) is 4.21. The molecule has 1 aliphatic heterocycles. The third kappa shape index (κ3) is 3.71. The molecule has 0 saturated carbocycles. The SMILES string of the molecule is CN(C)Cc1ccc(CN2CCc3c(ncn3-c3ccccc3)C2)cc1. The molecule has 0 spiro atoms. The Bertz CT molecular complexity index is 850. The molecule has 0 aliphatic carbocycles. The van der Waals surface area contributed by atoms with Gasteiger partial charge in [0.1, 0.15) is 0 Å². The summed E-state index contributed by atoms with van der Waals surface area (Å²) >= 11 is 0. The molecular weight excluding hydrogens is 320 g/mol. The minimum Gasteiger partial charge on any atom is -0.305 e. The van der Waals surface area contributed by atoms with Gasteiger partial charge in [0.05, 0.1) is 12.0 Å². The van der Waals surface area contributed by atoms with Crippen LogP contribution in [-0.4, -0.2) is 40.0 Å². The van der Waals surface area contributed by atoms with Crippen molar-refractivity contribution in [2.45, 2.75) is 26.1 Å². The molecule has 2 heterocycles. The van der Waals surface area contributed by atoms with E-state index in [1.807, 2.05) is 6.33 Å². The summed E-state index contributed by atoms with van der Waals surface area (Å²) in [6.45, 7) is 3.98. The van der Waals surface area contributed by atoms with Crippen LogP contribution in [0.1, 0.15) is 22.5 Å². The van der Waals surface area contributed by atoms with Gasteiger partial charge in [0.2, 0.25) is 0 Å². The maximum Gasteiger partial charge on any atom is 0.0998 e. The molecule has 0 radical (unpaired) electrons. The maximum atomic E-state index is 4.69. The fourth-order valence-electron chi connectivity index (χ4n) is 3.68. The first kappa shape index (κ1) is 17.0. The van der Waals surface area contributed by atoms with Crippen molar-refractivity contribution in [1.29, 1.82) is 0 Å². The molecule has 4 nitrogen and oxygen atoms in total. The molecule has 2 aromatic carbocycles. The summed E-state index contributed by atoms with van der Waals surface area (Å²) in [6.07, 6.45) is 3.02. The molecule has 0 amide bonds. The van der Waals surface area contributed by atoms with Crippen LogP contribution in [0.3, 0.4) is 0 Å². The van der Waals surface area contributed by atoms with Gasteiger partial charge in [-0.2, -0.15) is 0 Å². The molecule has 0 fully saturated rings. The molecule has 0 atom stereocenters. The molecular formula is C22H26N4. The summed E-state index contributed by atoms with van der Waals surface area (Å²) in [5, 5.41) is 0. The van der Waals surface area contributed by atoms with Crippen molar-refractivity contribution in [2.75, 3.05) is 20.6 Å². The topological polar surface area (TPSA) is 24.3 Å². The van der Waals surface area contributed by atoms with Crippen LogP contribution in [0.5, 0.6) is 0 Å². The highest BCUT2D eigenvalue weighted by Gasteiger charge is 2.21. The van der Waals surface area contributed by atoms with E-state index in [4.69, 9.17) is 0 Å². The Labute approximate surface area is 155 Å². The number of imidazole rings is 1. The van der Waals surface area contributed by atoms with Crippen LogP contribution in [0, 0.1) is 0 Å². The first-order chi connectivity index (χ1) is 12.7. The molecule has 0 saturated heterocycles. The fourth-order valence-corrected chi connectivity index (χ4v) is 3.68. The molecule has 1 aromatic heterocycles. The number of para-hydroxylation sites is 1. The zero-order valence-corrected chi connectivity index (χ0v) is 15.6. The largest absolute Gasteiger partial charge is 0.305 e. The smallest absolute Gasteiger partial charge is 0.0998 e. The first-order valence-electron chi connectivity index (χ1n) is 9.24. The minimum atomic E-state index is 0.925. The normalized spacial score (nSPS) is 14.6. The predicted octanol–water partition coefficient (Wildman–Crippen LogP) is 3.49. The minimum absolute atomic E-state index is 0.925. The van der Waals surface area contributed by atoms with E-state index in [1.165, 1.54) is 28.2 Å². The molecule has 134 valence electrons. The molecule has 0 unspecified atom stereocenters. The molecule has 0 N–H and O–H groups in total. The van der Waals surface area contributed by atoms with Crippen LogP contribution in [0.15, 0.2) is 60.9 Å². The van der Waals surface area contributed by atoms with E-state index in [2.05, 4.69) is 88.0 Å². The highest BCUT2D eigenvalue weighted by molar-refractivity contribution is 5.36. The van der Waals surface area contributed by atoms with Crippen LogP contribution < -0.4 is 0 Å². The lowest BCUT2D eigenvalue weighted by Crippen LogP contribution is -2.30. The van der Waals surface area contributed by atoms with Gasteiger partial charge in [-0.25, -0.2) is 4.98 Å². The third-order valence-electron chi connectivity index (χ3n) is 4.95. The lowest BCUT2D eigenvalue weighted by Gasteiger charge is -2.27. The standard InChI is InChI=1S/C22H26N4/c1-24(2)14-18-8-10-19(11-9-18)15-25-13-12-22-21(16-25)23-17-26(22)20-6-4-3-5-7-20/h3-11,17H,12-16H2,1-2H3. The average Bonchev–Trinajstić information content (AvgIpc) is 3.07. The lowest BCUT2D eigenvalue weighted by molar-refractivity contribution is 0.240. The second kappa shape index (κ2) is 7.44. The van der Waals surface area contributed by atoms with Gasteiger partial charge in [0.25, 0.3) is 0 Å². The van der Waals surface area contributed by atoms with Crippen LogP contribution in [0.2, 0.25) is 0 Å².